The summed E-state index contributed by atoms with van der Waals surface area (Å²) < 4.78 is 0. The molecule has 0 atom stereocenters. The summed E-state index contributed by atoms with van der Waals surface area (Å²) in [4.78, 5) is 34.0. The van der Waals surface area contributed by atoms with E-state index in [2.05, 4.69) is 22.2 Å². The number of piperazine rings is 1. The van der Waals surface area contributed by atoms with Gasteiger partial charge >= 0.3 is 0 Å². The van der Waals surface area contributed by atoms with Crippen molar-refractivity contribution in [1.82, 2.24) is 14.8 Å². The number of carbonyl (C=O) groups is 2. The van der Waals surface area contributed by atoms with Gasteiger partial charge in [-0.1, -0.05) is 24.3 Å². The van der Waals surface area contributed by atoms with Crippen LogP contribution >= 0.6 is 0 Å². The number of nitrogens with zero attached hydrogens (tertiary/aromatic N) is 3. The van der Waals surface area contributed by atoms with E-state index in [-0.39, 0.29) is 11.8 Å². The molecule has 1 fully saturated rings. The van der Waals surface area contributed by atoms with Crippen molar-refractivity contribution < 1.29 is 9.59 Å². The molecule has 1 aliphatic rings. The summed E-state index contributed by atoms with van der Waals surface area (Å²) >= 11 is 0. The standard InChI is InChI=1S/C22H22N4O2/c1-25-11-13-26(14-12-25)22(28)18-7-2-6-17(15-18)21(27)24-19-9-3-5-16-8-4-10-23-20(16)19/h2-10,15H,11-14H2,1H3,(H,24,27). The largest absolute Gasteiger partial charge is 0.336 e. The first-order valence-corrected chi connectivity index (χ1v) is 9.35. The van der Waals surface area contributed by atoms with Gasteiger partial charge in [-0.15, -0.1) is 0 Å². The average molecular weight is 374 g/mol. The van der Waals surface area contributed by atoms with E-state index < -0.39 is 0 Å². The zero-order valence-electron chi connectivity index (χ0n) is 15.8. The highest BCUT2D eigenvalue weighted by molar-refractivity contribution is 6.09. The lowest BCUT2D eigenvalue weighted by molar-refractivity contribution is 0.0664. The Labute approximate surface area is 163 Å². The normalized spacial score (nSPS) is 14.8. The van der Waals surface area contributed by atoms with Crippen LogP contribution in [0.4, 0.5) is 5.69 Å². The van der Waals surface area contributed by atoms with Gasteiger partial charge in [-0.3, -0.25) is 14.6 Å². The minimum Gasteiger partial charge on any atom is -0.336 e. The Morgan fingerprint density at radius 3 is 2.46 bits per heavy atom. The predicted octanol–water partition coefficient (Wildman–Crippen LogP) is 2.87. The lowest BCUT2D eigenvalue weighted by Crippen LogP contribution is -2.47. The summed E-state index contributed by atoms with van der Waals surface area (Å²) in [6.07, 6.45) is 1.70. The Balaban J connectivity index is 1.54. The lowest BCUT2D eigenvalue weighted by Gasteiger charge is -2.32. The molecular formula is C22H22N4O2. The second kappa shape index (κ2) is 7.78. The molecule has 1 N–H and O–H groups in total. The maximum absolute atomic E-state index is 12.8. The first-order chi connectivity index (χ1) is 13.6. The van der Waals surface area contributed by atoms with Gasteiger partial charge in [0.2, 0.25) is 0 Å². The van der Waals surface area contributed by atoms with Crippen molar-refractivity contribution in [3.63, 3.8) is 0 Å². The number of aromatic nitrogens is 1. The summed E-state index contributed by atoms with van der Waals surface area (Å²) in [5, 5.41) is 3.88. The molecule has 2 aromatic carbocycles. The molecule has 0 unspecified atom stereocenters. The topological polar surface area (TPSA) is 65.5 Å². The molecule has 0 bridgehead atoms. The van der Waals surface area contributed by atoms with E-state index in [1.165, 1.54) is 0 Å². The molecule has 1 aliphatic heterocycles. The third kappa shape index (κ3) is 3.73. The number of rotatable bonds is 3. The number of pyridine rings is 1. The maximum Gasteiger partial charge on any atom is 0.255 e. The van der Waals surface area contributed by atoms with Crippen molar-refractivity contribution in [2.24, 2.45) is 0 Å². The molecule has 2 heterocycles. The van der Waals surface area contributed by atoms with E-state index in [4.69, 9.17) is 0 Å². The van der Waals surface area contributed by atoms with Crippen molar-refractivity contribution >= 4 is 28.4 Å². The number of likely N-dealkylation sites (N-methyl/N-ethyl adjacent to an activating group) is 1. The number of fused-ring (bicyclic) bond motifs is 1. The van der Waals surface area contributed by atoms with Gasteiger partial charge in [0.25, 0.3) is 11.8 Å². The monoisotopic (exact) mass is 374 g/mol. The Bertz CT molecular complexity index is 1020. The Kier molecular flexibility index (Phi) is 5.04. The fraction of sp³-hybridized carbons (Fsp3) is 0.227. The summed E-state index contributed by atoms with van der Waals surface area (Å²) in [5.74, 6) is -0.291. The second-order valence-electron chi connectivity index (χ2n) is 7.01. The molecule has 0 radical (unpaired) electrons. The number of para-hydroxylation sites is 1. The number of carbonyl (C=O) groups excluding carboxylic acids is 2. The van der Waals surface area contributed by atoms with Crippen LogP contribution in [0.1, 0.15) is 20.7 Å². The first kappa shape index (κ1) is 18.1. The van der Waals surface area contributed by atoms with E-state index in [9.17, 15) is 9.59 Å². The van der Waals surface area contributed by atoms with Crippen molar-refractivity contribution in [3.8, 4) is 0 Å². The molecule has 4 rings (SSSR count). The quantitative estimate of drug-likeness (QED) is 0.766. The van der Waals surface area contributed by atoms with Crippen LogP contribution in [-0.2, 0) is 0 Å². The van der Waals surface area contributed by atoms with E-state index in [1.807, 2.05) is 35.2 Å². The van der Waals surface area contributed by atoms with Crippen molar-refractivity contribution in [3.05, 3.63) is 71.9 Å². The SMILES string of the molecule is CN1CCN(C(=O)c2cccc(C(=O)Nc3cccc4cccnc34)c2)CC1. The third-order valence-corrected chi connectivity index (χ3v) is 5.04. The molecule has 1 saturated heterocycles. The molecule has 3 aromatic rings. The third-order valence-electron chi connectivity index (χ3n) is 5.04. The van der Waals surface area contributed by atoms with Crippen LogP contribution in [0.15, 0.2) is 60.8 Å². The van der Waals surface area contributed by atoms with Gasteiger partial charge in [0.05, 0.1) is 11.2 Å². The predicted molar refractivity (Wildman–Crippen MR) is 110 cm³/mol. The zero-order chi connectivity index (χ0) is 19.5. The molecule has 28 heavy (non-hydrogen) atoms. The molecule has 0 aliphatic carbocycles. The van der Waals surface area contributed by atoms with Crippen LogP contribution in [-0.4, -0.2) is 59.8 Å². The van der Waals surface area contributed by atoms with Gasteiger partial charge in [-0.25, -0.2) is 0 Å². The fourth-order valence-corrected chi connectivity index (χ4v) is 3.39. The molecular weight excluding hydrogens is 352 g/mol. The van der Waals surface area contributed by atoms with E-state index in [1.54, 1.807) is 30.5 Å². The molecule has 0 saturated carbocycles. The van der Waals surface area contributed by atoms with Gasteiger partial charge in [-0.2, -0.15) is 0 Å². The van der Waals surface area contributed by atoms with E-state index in [0.29, 0.717) is 29.9 Å². The van der Waals surface area contributed by atoms with Crippen LogP contribution in [0.25, 0.3) is 10.9 Å². The molecule has 142 valence electrons. The van der Waals surface area contributed by atoms with E-state index in [0.717, 1.165) is 24.0 Å². The lowest BCUT2D eigenvalue weighted by atomic mass is 10.1. The van der Waals surface area contributed by atoms with Gasteiger partial charge < -0.3 is 15.1 Å². The minimum atomic E-state index is -0.258. The number of anilines is 1. The van der Waals surface area contributed by atoms with Gasteiger partial charge in [0.1, 0.15) is 0 Å². The highest BCUT2D eigenvalue weighted by atomic mass is 16.2. The summed E-state index contributed by atoms with van der Waals surface area (Å²) in [6.45, 7) is 3.13. The first-order valence-electron chi connectivity index (χ1n) is 9.35. The number of nitrogens with one attached hydrogen (secondary N) is 1. The maximum atomic E-state index is 12.8. The van der Waals surface area contributed by atoms with Crippen LogP contribution in [0.2, 0.25) is 0 Å². The molecule has 6 nitrogen and oxygen atoms in total. The van der Waals surface area contributed by atoms with Crippen LogP contribution in [0.3, 0.4) is 0 Å². The smallest absolute Gasteiger partial charge is 0.255 e. The second-order valence-corrected chi connectivity index (χ2v) is 7.01. The van der Waals surface area contributed by atoms with Gasteiger partial charge in [0, 0.05) is 48.9 Å². The van der Waals surface area contributed by atoms with Crippen LogP contribution in [0.5, 0.6) is 0 Å². The highest BCUT2D eigenvalue weighted by Crippen LogP contribution is 2.21. The molecule has 2 amide bonds. The summed E-state index contributed by atoms with van der Waals surface area (Å²) in [7, 11) is 2.05. The van der Waals surface area contributed by atoms with Crippen molar-refractivity contribution in [2.75, 3.05) is 38.5 Å². The number of amides is 2. The Morgan fingerprint density at radius 1 is 0.929 bits per heavy atom. The molecule has 1 aromatic heterocycles. The number of benzene rings is 2. The highest BCUT2D eigenvalue weighted by Gasteiger charge is 2.21. The Morgan fingerprint density at radius 2 is 1.64 bits per heavy atom. The van der Waals surface area contributed by atoms with Gasteiger partial charge in [-0.05, 0) is 37.4 Å². The fourth-order valence-electron chi connectivity index (χ4n) is 3.39. The van der Waals surface area contributed by atoms with E-state index >= 15 is 0 Å². The van der Waals surface area contributed by atoms with Crippen molar-refractivity contribution in [1.29, 1.82) is 0 Å². The molecule has 6 heteroatoms. The minimum absolute atomic E-state index is 0.0328. The van der Waals surface area contributed by atoms with Gasteiger partial charge in [0.15, 0.2) is 0 Å². The Hall–Kier alpha value is -3.25. The number of hydrogen-bond acceptors (Lipinski definition) is 4. The van der Waals surface area contributed by atoms with Crippen LogP contribution < -0.4 is 5.32 Å². The van der Waals surface area contributed by atoms with Crippen LogP contribution in [0, 0.1) is 0 Å². The summed E-state index contributed by atoms with van der Waals surface area (Å²) in [6, 6.07) is 16.4. The summed E-state index contributed by atoms with van der Waals surface area (Å²) in [5.41, 5.74) is 2.38. The average Bonchev–Trinajstić information content (AvgIpc) is 2.74. The molecule has 0 spiro atoms. The zero-order valence-corrected chi connectivity index (χ0v) is 15.8. The van der Waals surface area contributed by atoms with Crippen molar-refractivity contribution in [2.45, 2.75) is 0 Å². The number of hydrogen-bond donors (Lipinski definition) is 1.